The van der Waals surface area contributed by atoms with Gasteiger partial charge < -0.3 is 21.1 Å². The largest absolute Gasteiger partial charge is 0.397 e. The van der Waals surface area contributed by atoms with Gasteiger partial charge in [0, 0.05) is 24.5 Å². The number of halogens is 1. The fourth-order valence-corrected chi connectivity index (χ4v) is 2.70. The first-order chi connectivity index (χ1) is 9.94. The predicted molar refractivity (Wildman–Crippen MR) is 85.3 cm³/mol. The molecule has 0 saturated heterocycles. The van der Waals surface area contributed by atoms with E-state index in [9.17, 15) is 9.90 Å². The number of nitrogens with two attached hydrogens (primary N) is 1. The minimum Gasteiger partial charge on any atom is -0.397 e. The third-order valence-electron chi connectivity index (χ3n) is 3.79. The van der Waals surface area contributed by atoms with Crippen molar-refractivity contribution in [2.24, 2.45) is 5.92 Å². The van der Waals surface area contributed by atoms with Gasteiger partial charge in [-0.2, -0.15) is 0 Å². The Morgan fingerprint density at radius 3 is 2.90 bits per heavy atom. The Morgan fingerprint density at radius 2 is 2.24 bits per heavy atom. The molecule has 21 heavy (non-hydrogen) atoms. The van der Waals surface area contributed by atoms with E-state index in [1.165, 1.54) is 0 Å². The van der Waals surface area contributed by atoms with Gasteiger partial charge in [-0.25, -0.2) is 0 Å². The van der Waals surface area contributed by atoms with Crippen LogP contribution >= 0.6 is 11.6 Å². The summed E-state index contributed by atoms with van der Waals surface area (Å²) < 4.78 is 0. The highest BCUT2D eigenvalue weighted by Crippen LogP contribution is 2.27. The van der Waals surface area contributed by atoms with Crippen LogP contribution in [0.25, 0.3) is 0 Å². The molecular weight excluding hydrogens is 290 g/mol. The maximum Gasteiger partial charge on any atom is 0.225 e. The molecule has 1 amide bonds. The van der Waals surface area contributed by atoms with Crippen LogP contribution in [0.2, 0.25) is 5.02 Å². The van der Waals surface area contributed by atoms with Crippen LogP contribution in [-0.4, -0.2) is 42.2 Å². The van der Waals surface area contributed by atoms with E-state index in [0.717, 1.165) is 19.4 Å². The Kier molecular flexibility index (Phi) is 5.45. The fourth-order valence-electron chi connectivity index (χ4n) is 2.52. The Bertz CT molecular complexity index is 504. The van der Waals surface area contributed by atoms with Crippen LogP contribution in [0.5, 0.6) is 0 Å². The van der Waals surface area contributed by atoms with Gasteiger partial charge in [0.05, 0.1) is 17.5 Å². The van der Waals surface area contributed by atoms with E-state index in [-0.39, 0.29) is 12.0 Å². The second-order valence-electron chi connectivity index (χ2n) is 5.78. The molecule has 1 aromatic carbocycles. The normalized spacial score (nSPS) is 21.1. The number of nitrogen functional groups attached to an aromatic ring is 1. The summed E-state index contributed by atoms with van der Waals surface area (Å²) in [6.45, 7) is 1.60. The first-order valence-electron chi connectivity index (χ1n) is 7.15. The number of aliphatic hydroxyl groups is 1. The number of nitrogens with zero attached hydrogens (tertiary/aromatic N) is 1. The van der Waals surface area contributed by atoms with E-state index >= 15 is 0 Å². The lowest BCUT2D eigenvalue weighted by molar-refractivity contribution is -0.116. The van der Waals surface area contributed by atoms with Crippen molar-refractivity contribution in [2.75, 3.05) is 31.2 Å². The highest BCUT2D eigenvalue weighted by molar-refractivity contribution is 6.31. The van der Waals surface area contributed by atoms with Crippen LogP contribution < -0.4 is 11.1 Å². The SMILES string of the molecule is CN(CCC(=O)Nc1cc(Cl)ccc1N)CC1CC(O)C1. The molecule has 2 rings (SSSR count). The zero-order chi connectivity index (χ0) is 15.4. The minimum absolute atomic E-state index is 0.0792. The molecule has 0 spiro atoms. The average Bonchev–Trinajstić information content (AvgIpc) is 2.39. The fraction of sp³-hybridized carbons (Fsp3) is 0.533. The summed E-state index contributed by atoms with van der Waals surface area (Å²) in [5, 5.41) is 12.6. The van der Waals surface area contributed by atoms with Gasteiger partial charge in [0.2, 0.25) is 5.91 Å². The number of aliphatic hydroxyl groups excluding tert-OH is 1. The lowest BCUT2D eigenvalue weighted by Gasteiger charge is -2.34. The van der Waals surface area contributed by atoms with Crippen LogP contribution in [0.1, 0.15) is 19.3 Å². The molecular formula is C15H22ClN3O2. The minimum atomic E-state index is -0.127. The molecule has 0 aliphatic heterocycles. The van der Waals surface area contributed by atoms with Crippen molar-refractivity contribution in [3.8, 4) is 0 Å². The van der Waals surface area contributed by atoms with E-state index in [1.54, 1.807) is 18.2 Å². The van der Waals surface area contributed by atoms with E-state index in [4.69, 9.17) is 17.3 Å². The molecule has 0 heterocycles. The molecule has 6 heteroatoms. The van der Waals surface area contributed by atoms with Crippen molar-refractivity contribution >= 4 is 28.9 Å². The molecule has 0 atom stereocenters. The van der Waals surface area contributed by atoms with Crippen LogP contribution in [0, 0.1) is 5.92 Å². The molecule has 116 valence electrons. The van der Waals surface area contributed by atoms with Crippen molar-refractivity contribution in [1.82, 2.24) is 4.90 Å². The van der Waals surface area contributed by atoms with Crippen LogP contribution in [0.15, 0.2) is 18.2 Å². The van der Waals surface area contributed by atoms with Crippen molar-refractivity contribution < 1.29 is 9.90 Å². The molecule has 4 N–H and O–H groups in total. The summed E-state index contributed by atoms with van der Waals surface area (Å²) in [7, 11) is 1.99. The van der Waals surface area contributed by atoms with Crippen LogP contribution in [0.4, 0.5) is 11.4 Å². The van der Waals surface area contributed by atoms with E-state index in [0.29, 0.717) is 35.3 Å². The standard InChI is InChI=1S/C15H22ClN3O2/c1-19(9-10-6-12(20)7-10)5-4-15(21)18-14-8-11(16)2-3-13(14)17/h2-3,8,10,12,20H,4-7,9,17H2,1H3,(H,18,21). The molecule has 0 bridgehead atoms. The average molecular weight is 312 g/mol. The predicted octanol–water partition coefficient (Wildman–Crippen LogP) is 1.95. The van der Waals surface area contributed by atoms with Crippen molar-refractivity contribution in [2.45, 2.75) is 25.4 Å². The molecule has 1 saturated carbocycles. The summed E-state index contributed by atoms with van der Waals surface area (Å²) >= 11 is 5.88. The summed E-state index contributed by atoms with van der Waals surface area (Å²) in [5.41, 5.74) is 6.85. The molecule has 1 aromatic rings. The monoisotopic (exact) mass is 311 g/mol. The Morgan fingerprint density at radius 1 is 1.52 bits per heavy atom. The van der Waals surface area contributed by atoms with Gasteiger partial charge in [0.1, 0.15) is 0 Å². The van der Waals surface area contributed by atoms with E-state index in [2.05, 4.69) is 10.2 Å². The van der Waals surface area contributed by atoms with Gasteiger partial charge in [-0.3, -0.25) is 4.79 Å². The second kappa shape index (κ2) is 7.11. The highest BCUT2D eigenvalue weighted by atomic mass is 35.5. The van der Waals surface area contributed by atoms with Gasteiger partial charge >= 0.3 is 0 Å². The summed E-state index contributed by atoms with van der Waals surface area (Å²) in [5.74, 6) is 0.473. The molecule has 1 fully saturated rings. The third kappa shape index (κ3) is 4.88. The summed E-state index contributed by atoms with van der Waals surface area (Å²) in [4.78, 5) is 14.0. The second-order valence-corrected chi connectivity index (χ2v) is 6.22. The first kappa shape index (κ1) is 16.1. The number of carbonyl (C=O) groups excluding carboxylic acids is 1. The van der Waals surface area contributed by atoms with E-state index in [1.807, 2.05) is 7.05 Å². The number of hydrogen-bond acceptors (Lipinski definition) is 4. The van der Waals surface area contributed by atoms with Gasteiger partial charge in [-0.15, -0.1) is 0 Å². The third-order valence-corrected chi connectivity index (χ3v) is 4.03. The topological polar surface area (TPSA) is 78.6 Å². The molecule has 0 aromatic heterocycles. The number of hydrogen-bond donors (Lipinski definition) is 3. The van der Waals surface area contributed by atoms with Crippen molar-refractivity contribution in [3.63, 3.8) is 0 Å². The first-order valence-corrected chi connectivity index (χ1v) is 7.53. The lowest BCUT2D eigenvalue weighted by Crippen LogP contribution is -2.38. The van der Waals surface area contributed by atoms with Gasteiger partial charge in [-0.05, 0) is 44.0 Å². The smallest absolute Gasteiger partial charge is 0.225 e. The molecule has 1 aliphatic rings. The van der Waals surface area contributed by atoms with Gasteiger partial charge in [0.15, 0.2) is 0 Å². The number of nitrogens with one attached hydrogen (secondary N) is 1. The quantitative estimate of drug-likeness (QED) is 0.702. The van der Waals surface area contributed by atoms with E-state index < -0.39 is 0 Å². The Hall–Kier alpha value is -1.30. The number of benzene rings is 1. The molecule has 0 radical (unpaired) electrons. The zero-order valence-corrected chi connectivity index (χ0v) is 12.9. The molecule has 0 unspecified atom stereocenters. The van der Waals surface area contributed by atoms with Gasteiger partial charge in [-0.1, -0.05) is 11.6 Å². The number of rotatable bonds is 6. The van der Waals surface area contributed by atoms with Crippen molar-refractivity contribution in [1.29, 1.82) is 0 Å². The Labute approximate surface area is 130 Å². The summed E-state index contributed by atoms with van der Waals surface area (Å²) in [6, 6.07) is 5.01. The maximum atomic E-state index is 11.9. The van der Waals surface area contributed by atoms with Gasteiger partial charge in [0.25, 0.3) is 0 Å². The number of carbonyl (C=O) groups is 1. The van der Waals surface area contributed by atoms with Crippen LogP contribution in [-0.2, 0) is 4.79 Å². The van der Waals surface area contributed by atoms with Crippen molar-refractivity contribution in [3.05, 3.63) is 23.2 Å². The zero-order valence-electron chi connectivity index (χ0n) is 12.2. The summed E-state index contributed by atoms with van der Waals surface area (Å²) in [6.07, 6.45) is 2.01. The molecule has 5 nitrogen and oxygen atoms in total. The number of amides is 1. The van der Waals surface area contributed by atoms with Crippen LogP contribution in [0.3, 0.4) is 0 Å². The highest BCUT2D eigenvalue weighted by Gasteiger charge is 2.27. The molecule has 1 aliphatic carbocycles. The lowest BCUT2D eigenvalue weighted by atomic mass is 9.82. The Balaban J connectivity index is 1.73. The maximum absolute atomic E-state index is 11.9. The number of anilines is 2.